The largest absolute Gasteiger partial charge is 0.490 e. The first-order valence-corrected chi connectivity index (χ1v) is 9.47. The number of rotatable bonds is 1. The number of piperidine rings is 1. The number of nitrogens with zero attached hydrogens (tertiary/aromatic N) is 1. The van der Waals surface area contributed by atoms with Crippen molar-refractivity contribution in [3.63, 3.8) is 0 Å². The summed E-state index contributed by atoms with van der Waals surface area (Å²) in [5.74, 6) is 0. The van der Waals surface area contributed by atoms with Crippen LogP contribution in [0.2, 0.25) is 0 Å². The molecule has 0 spiro atoms. The van der Waals surface area contributed by atoms with E-state index in [1.165, 1.54) is 5.47 Å². The number of ether oxygens (including phenoxy) is 1. The Morgan fingerprint density at radius 3 is 2.32 bits per heavy atom. The van der Waals surface area contributed by atoms with Crippen LogP contribution in [0.1, 0.15) is 74.1 Å². The molecule has 3 rings (SSSR count). The Morgan fingerprint density at radius 2 is 1.80 bits per heavy atom. The SMILES string of the molecule is CC(C)(C)OC(=O)N1C2C=C(B3OC(C)(C)C(C)(C)O3)CC1CCC2. The molecule has 6 heteroatoms. The van der Waals surface area contributed by atoms with Gasteiger partial charge in [-0.1, -0.05) is 6.08 Å². The van der Waals surface area contributed by atoms with E-state index in [-0.39, 0.29) is 36.5 Å². The van der Waals surface area contributed by atoms with Gasteiger partial charge in [0.05, 0.1) is 17.2 Å². The number of amides is 1. The Kier molecular flexibility index (Phi) is 4.52. The zero-order valence-electron chi connectivity index (χ0n) is 16.7. The van der Waals surface area contributed by atoms with Gasteiger partial charge in [-0.05, 0) is 79.6 Å². The van der Waals surface area contributed by atoms with Gasteiger partial charge < -0.3 is 14.0 Å². The molecule has 5 nitrogen and oxygen atoms in total. The average molecular weight is 349 g/mol. The highest BCUT2D eigenvalue weighted by atomic mass is 16.7. The third-order valence-electron chi connectivity index (χ3n) is 5.83. The van der Waals surface area contributed by atoms with Crippen molar-refractivity contribution in [3.8, 4) is 0 Å². The van der Waals surface area contributed by atoms with Crippen LogP contribution in [-0.4, -0.2) is 47.0 Å². The summed E-state index contributed by atoms with van der Waals surface area (Å²) in [6.07, 6.45) is 5.90. The van der Waals surface area contributed by atoms with Gasteiger partial charge in [0, 0.05) is 6.04 Å². The number of hydrogen-bond acceptors (Lipinski definition) is 4. The molecular formula is C19H32BNO4. The van der Waals surface area contributed by atoms with E-state index < -0.39 is 5.60 Å². The summed E-state index contributed by atoms with van der Waals surface area (Å²) in [4.78, 5) is 14.6. The summed E-state index contributed by atoms with van der Waals surface area (Å²) >= 11 is 0. The van der Waals surface area contributed by atoms with Gasteiger partial charge in [-0.2, -0.15) is 0 Å². The zero-order chi connectivity index (χ0) is 18.6. The van der Waals surface area contributed by atoms with Crippen molar-refractivity contribution in [3.05, 3.63) is 11.5 Å². The lowest BCUT2D eigenvalue weighted by atomic mass is 9.69. The normalized spacial score (nSPS) is 30.9. The quantitative estimate of drug-likeness (QED) is 0.669. The predicted molar refractivity (Wildman–Crippen MR) is 98.3 cm³/mol. The van der Waals surface area contributed by atoms with E-state index in [1.54, 1.807) is 0 Å². The van der Waals surface area contributed by atoms with Crippen LogP contribution in [0.5, 0.6) is 0 Å². The van der Waals surface area contributed by atoms with Crippen molar-refractivity contribution in [2.75, 3.05) is 0 Å². The fourth-order valence-corrected chi connectivity index (χ4v) is 3.83. The first-order chi connectivity index (χ1) is 11.4. The van der Waals surface area contributed by atoms with Gasteiger partial charge in [0.1, 0.15) is 5.60 Å². The second kappa shape index (κ2) is 6.02. The lowest BCUT2D eigenvalue weighted by Gasteiger charge is -2.45. The Bertz CT molecular complexity index is 562. The first-order valence-electron chi connectivity index (χ1n) is 9.47. The highest BCUT2D eigenvalue weighted by Gasteiger charge is 2.54. The molecule has 3 heterocycles. The standard InChI is InChI=1S/C19H32BNO4/c1-17(2,3)23-16(22)21-14-9-8-10-15(21)12-13(11-14)20-24-18(4,5)19(6,7)25-20/h11,14-15H,8-10,12H2,1-7H3. The van der Waals surface area contributed by atoms with Crippen LogP contribution in [-0.2, 0) is 14.0 Å². The van der Waals surface area contributed by atoms with Gasteiger partial charge in [0.15, 0.2) is 0 Å². The smallest absolute Gasteiger partial charge is 0.444 e. The van der Waals surface area contributed by atoms with Gasteiger partial charge in [0.2, 0.25) is 0 Å². The van der Waals surface area contributed by atoms with Crippen molar-refractivity contribution in [2.24, 2.45) is 0 Å². The van der Waals surface area contributed by atoms with E-state index in [9.17, 15) is 4.79 Å². The molecule has 0 aromatic heterocycles. The number of carbonyl (C=O) groups is 1. The van der Waals surface area contributed by atoms with Gasteiger partial charge >= 0.3 is 13.2 Å². The molecule has 2 unspecified atom stereocenters. The molecule has 2 atom stereocenters. The molecule has 140 valence electrons. The monoisotopic (exact) mass is 349 g/mol. The minimum Gasteiger partial charge on any atom is -0.444 e. The Hall–Kier alpha value is -1.01. The molecule has 2 fully saturated rings. The highest BCUT2D eigenvalue weighted by molar-refractivity contribution is 6.54. The second-order valence-corrected chi connectivity index (χ2v) is 9.57. The van der Waals surface area contributed by atoms with Crippen LogP contribution < -0.4 is 0 Å². The molecule has 0 N–H and O–H groups in total. The molecule has 1 amide bonds. The number of hydrogen-bond donors (Lipinski definition) is 0. The topological polar surface area (TPSA) is 48.0 Å². The molecule has 2 saturated heterocycles. The van der Waals surface area contributed by atoms with E-state index in [0.717, 1.165) is 25.7 Å². The van der Waals surface area contributed by atoms with E-state index in [2.05, 4.69) is 33.8 Å². The van der Waals surface area contributed by atoms with Gasteiger partial charge in [-0.3, -0.25) is 4.90 Å². The summed E-state index contributed by atoms with van der Waals surface area (Å²) < 4.78 is 18.1. The molecule has 0 saturated carbocycles. The maximum atomic E-state index is 12.7. The maximum Gasteiger partial charge on any atom is 0.490 e. The molecule has 25 heavy (non-hydrogen) atoms. The van der Waals surface area contributed by atoms with E-state index in [1.807, 2.05) is 25.7 Å². The third kappa shape index (κ3) is 3.61. The van der Waals surface area contributed by atoms with E-state index in [4.69, 9.17) is 14.0 Å². The molecule has 0 aromatic carbocycles. The van der Waals surface area contributed by atoms with Gasteiger partial charge in [-0.15, -0.1) is 0 Å². The third-order valence-corrected chi connectivity index (χ3v) is 5.83. The van der Waals surface area contributed by atoms with Crippen LogP contribution in [0, 0.1) is 0 Å². The van der Waals surface area contributed by atoms with E-state index >= 15 is 0 Å². The highest BCUT2D eigenvalue weighted by Crippen LogP contribution is 2.42. The fraction of sp³-hybridized carbons (Fsp3) is 0.842. The van der Waals surface area contributed by atoms with Gasteiger partial charge in [-0.25, -0.2) is 4.79 Å². The number of fused-ring (bicyclic) bond motifs is 2. The minimum atomic E-state index is -0.471. The summed E-state index contributed by atoms with van der Waals surface area (Å²) in [6, 6.07) is 0.254. The van der Waals surface area contributed by atoms with Crippen LogP contribution in [0.4, 0.5) is 4.79 Å². The van der Waals surface area contributed by atoms with Gasteiger partial charge in [0.25, 0.3) is 0 Å². The minimum absolute atomic E-state index is 0.0800. The van der Waals surface area contributed by atoms with Crippen molar-refractivity contribution in [2.45, 2.75) is 103 Å². The molecule has 3 aliphatic heterocycles. The van der Waals surface area contributed by atoms with Crippen molar-refractivity contribution < 1.29 is 18.8 Å². The molecular weight excluding hydrogens is 317 g/mol. The Morgan fingerprint density at radius 1 is 1.20 bits per heavy atom. The number of carbonyl (C=O) groups excluding carboxylic acids is 1. The predicted octanol–water partition coefficient (Wildman–Crippen LogP) is 4.11. The van der Waals surface area contributed by atoms with E-state index in [0.29, 0.717) is 0 Å². The average Bonchev–Trinajstić information content (AvgIpc) is 2.64. The Labute approximate surface area is 152 Å². The second-order valence-electron chi connectivity index (χ2n) is 9.57. The Balaban J connectivity index is 1.79. The van der Waals surface area contributed by atoms with Crippen molar-refractivity contribution >= 4 is 13.2 Å². The summed E-state index contributed by atoms with van der Waals surface area (Å²) in [5, 5.41) is 0. The zero-order valence-corrected chi connectivity index (χ0v) is 16.7. The van der Waals surface area contributed by atoms with Crippen molar-refractivity contribution in [1.29, 1.82) is 0 Å². The lowest BCUT2D eigenvalue weighted by Crippen LogP contribution is -2.54. The molecule has 2 bridgehead atoms. The maximum absolute atomic E-state index is 12.7. The lowest BCUT2D eigenvalue weighted by molar-refractivity contribution is -0.00127. The van der Waals surface area contributed by atoms with Crippen LogP contribution in [0.15, 0.2) is 11.5 Å². The summed E-state index contributed by atoms with van der Waals surface area (Å²) in [5.41, 5.74) is 0.0283. The molecule has 0 radical (unpaired) electrons. The first kappa shape index (κ1) is 18.8. The van der Waals surface area contributed by atoms with Crippen LogP contribution >= 0.6 is 0 Å². The van der Waals surface area contributed by atoms with Crippen LogP contribution in [0.3, 0.4) is 0 Å². The molecule has 3 aliphatic rings. The molecule has 0 aliphatic carbocycles. The fourth-order valence-electron chi connectivity index (χ4n) is 3.83. The van der Waals surface area contributed by atoms with Crippen molar-refractivity contribution in [1.82, 2.24) is 4.90 Å². The van der Waals surface area contributed by atoms with Crippen LogP contribution in [0.25, 0.3) is 0 Å². The summed E-state index contributed by atoms with van der Waals surface area (Å²) in [7, 11) is -0.311. The summed E-state index contributed by atoms with van der Waals surface area (Å²) in [6.45, 7) is 14.0. The molecule has 0 aromatic rings.